The largest absolute Gasteiger partial charge is 0.351 e. The van der Waals surface area contributed by atoms with E-state index in [9.17, 15) is 4.79 Å². The quantitative estimate of drug-likeness (QED) is 0.314. The minimum atomic E-state index is -0.746. The predicted octanol–water partition coefficient (Wildman–Crippen LogP) is 6.66. The second-order valence-electron chi connectivity index (χ2n) is 9.05. The molecule has 0 atom stereocenters. The monoisotopic (exact) mass is 541 g/mol. The molecule has 1 N–H and O–H groups in total. The number of carbonyl (C=O) groups is 1. The lowest BCUT2D eigenvalue weighted by atomic mass is 9.99. The van der Waals surface area contributed by atoms with Crippen molar-refractivity contribution in [2.45, 2.75) is 33.7 Å². The molecular formula is C27H23Cl2F2N5O. The normalized spacial score (nSPS) is 13.0. The predicted molar refractivity (Wildman–Crippen MR) is 142 cm³/mol. The first kappa shape index (κ1) is 25.2. The van der Waals surface area contributed by atoms with Crippen LogP contribution in [-0.4, -0.2) is 27.2 Å². The molecule has 10 heteroatoms. The van der Waals surface area contributed by atoms with Gasteiger partial charge in [-0.1, -0.05) is 41.4 Å². The zero-order valence-corrected chi connectivity index (χ0v) is 21.9. The van der Waals surface area contributed by atoms with Gasteiger partial charge in [-0.15, -0.1) is 0 Å². The lowest BCUT2D eigenvalue weighted by molar-refractivity contribution is -0.114. The number of aromatic nitrogens is 3. The van der Waals surface area contributed by atoms with Gasteiger partial charge in [0.15, 0.2) is 0 Å². The number of halogens is 4. The SMILES string of the molecule is CC(=O)Nc1cc(F)c(-c2c3c(nn2-c2c(C)cccc2C)CCN(c2ncc(Cl)cc2Cl)C3)cc1F. The van der Waals surface area contributed by atoms with Crippen molar-refractivity contribution in [3.63, 3.8) is 0 Å². The summed E-state index contributed by atoms with van der Waals surface area (Å²) >= 11 is 12.5. The summed E-state index contributed by atoms with van der Waals surface area (Å²) in [6, 6.07) is 9.57. The number of nitrogens with zero attached hydrogens (tertiary/aromatic N) is 4. The van der Waals surface area contributed by atoms with Gasteiger partial charge in [-0.05, 0) is 37.1 Å². The lowest BCUT2D eigenvalue weighted by Gasteiger charge is -2.28. The van der Waals surface area contributed by atoms with Crippen LogP contribution in [0.4, 0.5) is 20.3 Å². The summed E-state index contributed by atoms with van der Waals surface area (Å²) in [7, 11) is 0. The maximum Gasteiger partial charge on any atom is 0.221 e. The van der Waals surface area contributed by atoms with Crippen LogP contribution in [0.2, 0.25) is 10.0 Å². The third kappa shape index (κ3) is 4.67. The number of para-hydroxylation sites is 1. The third-order valence-electron chi connectivity index (χ3n) is 6.40. The van der Waals surface area contributed by atoms with Crippen LogP contribution in [0.25, 0.3) is 16.9 Å². The van der Waals surface area contributed by atoms with Gasteiger partial charge in [-0.3, -0.25) is 4.79 Å². The number of hydrogen-bond acceptors (Lipinski definition) is 4. The number of rotatable bonds is 4. The van der Waals surface area contributed by atoms with Gasteiger partial charge in [-0.25, -0.2) is 18.4 Å². The highest BCUT2D eigenvalue weighted by Crippen LogP contribution is 2.39. The number of pyridine rings is 1. The number of benzene rings is 2. The molecule has 0 bridgehead atoms. The Morgan fingerprint density at radius 1 is 1.08 bits per heavy atom. The summed E-state index contributed by atoms with van der Waals surface area (Å²) in [5.74, 6) is -1.37. The lowest BCUT2D eigenvalue weighted by Crippen LogP contribution is -2.31. The maximum absolute atomic E-state index is 15.6. The van der Waals surface area contributed by atoms with Gasteiger partial charge < -0.3 is 10.2 Å². The zero-order valence-electron chi connectivity index (χ0n) is 20.4. The standard InChI is InChI=1S/C27H23Cl2F2N5O/c1-14-5-4-6-15(2)25(14)36-26(18-10-22(31)24(11-21(18)30)33-16(3)37)19-13-35(8-7-23(19)34-36)27-20(29)9-17(28)12-32-27/h4-6,9-12H,7-8,13H2,1-3H3,(H,33,37). The second-order valence-corrected chi connectivity index (χ2v) is 9.89. The maximum atomic E-state index is 15.6. The number of aryl methyl sites for hydroxylation is 2. The number of fused-ring (bicyclic) bond motifs is 1. The van der Waals surface area contributed by atoms with Crippen LogP contribution in [0.15, 0.2) is 42.6 Å². The molecule has 3 heterocycles. The Bertz CT molecular complexity index is 1530. The number of anilines is 2. The molecule has 1 aliphatic heterocycles. The van der Waals surface area contributed by atoms with Crippen LogP contribution in [0.1, 0.15) is 29.3 Å². The fraction of sp³-hybridized carbons (Fsp3) is 0.222. The Hall–Kier alpha value is -3.49. The van der Waals surface area contributed by atoms with Gasteiger partial charge in [0.25, 0.3) is 0 Å². The molecule has 4 aromatic rings. The molecule has 0 saturated carbocycles. The Morgan fingerprint density at radius 2 is 1.81 bits per heavy atom. The van der Waals surface area contributed by atoms with Gasteiger partial charge >= 0.3 is 0 Å². The van der Waals surface area contributed by atoms with Crippen LogP contribution < -0.4 is 10.2 Å². The first-order valence-corrected chi connectivity index (χ1v) is 12.4. The summed E-state index contributed by atoms with van der Waals surface area (Å²) in [5, 5.41) is 8.04. The van der Waals surface area contributed by atoms with Crippen LogP contribution in [0.3, 0.4) is 0 Å². The molecule has 6 nitrogen and oxygen atoms in total. The van der Waals surface area contributed by atoms with Crippen molar-refractivity contribution in [3.8, 4) is 16.9 Å². The van der Waals surface area contributed by atoms with E-state index in [0.29, 0.717) is 41.1 Å². The third-order valence-corrected chi connectivity index (χ3v) is 6.88. The van der Waals surface area contributed by atoms with Gasteiger partial charge in [0.05, 0.1) is 32.8 Å². The van der Waals surface area contributed by atoms with Crippen molar-refractivity contribution in [1.82, 2.24) is 14.8 Å². The number of nitrogens with one attached hydrogen (secondary N) is 1. The summed E-state index contributed by atoms with van der Waals surface area (Å²) in [4.78, 5) is 17.8. The van der Waals surface area contributed by atoms with Crippen molar-refractivity contribution >= 4 is 40.6 Å². The van der Waals surface area contributed by atoms with Crippen molar-refractivity contribution in [3.05, 3.63) is 86.7 Å². The molecule has 0 unspecified atom stereocenters. The van der Waals surface area contributed by atoms with E-state index in [2.05, 4.69) is 10.3 Å². The summed E-state index contributed by atoms with van der Waals surface area (Å²) in [6.45, 7) is 6.06. The highest BCUT2D eigenvalue weighted by atomic mass is 35.5. The Labute approximate surface area is 222 Å². The minimum absolute atomic E-state index is 0.0417. The Balaban J connectivity index is 1.72. The molecule has 0 fully saturated rings. The van der Waals surface area contributed by atoms with Crippen molar-refractivity contribution in [1.29, 1.82) is 0 Å². The summed E-state index contributed by atoms with van der Waals surface area (Å²) < 4.78 is 32.4. The van der Waals surface area contributed by atoms with Crippen LogP contribution in [0.5, 0.6) is 0 Å². The molecular weight excluding hydrogens is 519 g/mol. The first-order valence-electron chi connectivity index (χ1n) is 11.6. The van der Waals surface area contributed by atoms with E-state index >= 15 is 8.78 Å². The fourth-order valence-corrected chi connectivity index (χ4v) is 5.29. The molecule has 190 valence electrons. The topological polar surface area (TPSA) is 63.1 Å². The van der Waals surface area contributed by atoms with Gasteiger partial charge in [-0.2, -0.15) is 5.10 Å². The average molecular weight is 542 g/mol. The minimum Gasteiger partial charge on any atom is -0.351 e. The van der Waals surface area contributed by atoms with E-state index in [4.69, 9.17) is 28.3 Å². The molecule has 37 heavy (non-hydrogen) atoms. The van der Waals surface area contributed by atoms with Crippen LogP contribution in [0, 0.1) is 25.5 Å². The van der Waals surface area contributed by atoms with Crippen molar-refractivity contribution < 1.29 is 13.6 Å². The summed E-state index contributed by atoms with van der Waals surface area (Å²) in [5.41, 5.74) is 4.46. The Morgan fingerprint density at radius 3 is 2.49 bits per heavy atom. The van der Waals surface area contributed by atoms with Crippen molar-refractivity contribution in [2.24, 2.45) is 0 Å². The van der Waals surface area contributed by atoms with E-state index in [1.165, 1.54) is 13.1 Å². The number of amides is 1. The van der Waals surface area contributed by atoms with Gasteiger partial charge in [0, 0.05) is 49.8 Å². The molecule has 0 radical (unpaired) electrons. The van der Waals surface area contributed by atoms with E-state index < -0.39 is 17.5 Å². The van der Waals surface area contributed by atoms with E-state index in [0.717, 1.165) is 40.2 Å². The zero-order chi connectivity index (χ0) is 26.4. The Kier molecular flexibility index (Phi) is 6.64. The number of hydrogen-bond donors (Lipinski definition) is 1. The van der Waals surface area contributed by atoms with E-state index in [1.54, 1.807) is 10.7 Å². The first-order chi connectivity index (χ1) is 17.6. The van der Waals surface area contributed by atoms with E-state index in [1.807, 2.05) is 36.9 Å². The van der Waals surface area contributed by atoms with E-state index in [-0.39, 0.29) is 11.3 Å². The molecule has 0 saturated heterocycles. The molecule has 1 aliphatic rings. The second kappa shape index (κ2) is 9.76. The molecule has 2 aromatic heterocycles. The fourth-order valence-electron chi connectivity index (χ4n) is 4.79. The van der Waals surface area contributed by atoms with Gasteiger partial charge in [0.1, 0.15) is 17.5 Å². The average Bonchev–Trinajstić information content (AvgIpc) is 3.19. The molecule has 5 rings (SSSR count). The molecule has 0 spiro atoms. The highest BCUT2D eigenvalue weighted by molar-refractivity contribution is 6.36. The van der Waals surface area contributed by atoms with Crippen LogP contribution in [-0.2, 0) is 17.8 Å². The smallest absolute Gasteiger partial charge is 0.221 e. The molecule has 0 aliphatic carbocycles. The van der Waals surface area contributed by atoms with Gasteiger partial charge in [0.2, 0.25) is 5.91 Å². The number of carbonyl (C=O) groups excluding carboxylic acids is 1. The van der Waals surface area contributed by atoms with Crippen LogP contribution >= 0.6 is 23.2 Å². The molecule has 1 amide bonds. The summed E-state index contributed by atoms with van der Waals surface area (Å²) in [6.07, 6.45) is 2.07. The molecule has 2 aromatic carbocycles. The highest BCUT2D eigenvalue weighted by Gasteiger charge is 2.30. The van der Waals surface area contributed by atoms with Crippen molar-refractivity contribution in [2.75, 3.05) is 16.8 Å².